The molecule has 2 amide bonds. The maximum Gasteiger partial charge on any atom is 0.330 e. The van der Waals surface area contributed by atoms with Gasteiger partial charge in [0.05, 0.1) is 36.6 Å². The lowest BCUT2D eigenvalue weighted by atomic mass is 10.1. The van der Waals surface area contributed by atoms with Crippen LogP contribution in [0.5, 0.6) is 0 Å². The van der Waals surface area contributed by atoms with Crippen molar-refractivity contribution in [3.8, 4) is 6.07 Å². The number of aliphatic imine (C=N–C) groups is 1. The number of allylic oxidation sites excluding steroid dienone is 1. The van der Waals surface area contributed by atoms with Crippen molar-refractivity contribution in [1.82, 2.24) is 14.7 Å². The number of piperidine rings is 1. The summed E-state index contributed by atoms with van der Waals surface area (Å²) in [5, 5.41) is 9.42. The summed E-state index contributed by atoms with van der Waals surface area (Å²) in [5.41, 5.74) is 8.39. The van der Waals surface area contributed by atoms with E-state index in [0.717, 1.165) is 36.5 Å². The highest BCUT2D eigenvalue weighted by atomic mass is 16.2. The second-order valence-electron chi connectivity index (χ2n) is 6.98. The van der Waals surface area contributed by atoms with E-state index in [1.807, 2.05) is 24.3 Å². The molecule has 138 valence electrons. The van der Waals surface area contributed by atoms with E-state index in [9.17, 15) is 10.1 Å². The van der Waals surface area contributed by atoms with Gasteiger partial charge in [-0.25, -0.2) is 4.79 Å². The molecular weight excluding hydrogens is 340 g/mol. The molecule has 3 aliphatic heterocycles. The van der Waals surface area contributed by atoms with Gasteiger partial charge in [0.15, 0.2) is 0 Å². The van der Waals surface area contributed by atoms with Gasteiger partial charge in [0, 0.05) is 31.4 Å². The third-order valence-corrected chi connectivity index (χ3v) is 5.15. The van der Waals surface area contributed by atoms with Crippen LogP contribution >= 0.6 is 0 Å². The van der Waals surface area contributed by atoms with Crippen molar-refractivity contribution in [1.29, 1.82) is 5.26 Å². The molecule has 0 saturated carbocycles. The number of carbonyl (C=O) groups excluding carboxylic acids is 1. The molecule has 0 spiro atoms. The highest BCUT2D eigenvalue weighted by Gasteiger charge is 2.35. The summed E-state index contributed by atoms with van der Waals surface area (Å²) in [5.74, 6) is 0.836. The van der Waals surface area contributed by atoms with Crippen molar-refractivity contribution in [3.63, 3.8) is 0 Å². The van der Waals surface area contributed by atoms with Crippen molar-refractivity contribution in [2.45, 2.75) is 25.4 Å². The van der Waals surface area contributed by atoms with Crippen LogP contribution in [0.25, 0.3) is 0 Å². The fourth-order valence-electron chi connectivity index (χ4n) is 3.76. The predicted octanol–water partition coefficient (Wildman–Crippen LogP) is 1.99. The first kappa shape index (κ1) is 17.3. The Morgan fingerprint density at radius 3 is 3.00 bits per heavy atom. The second-order valence-corrected chi connectivity index (χ2v) is 6.98. The van der Waals surface area contributed by atoms with E-state index in [1.54, 1.807) is 28.3 Å². The number of nitriles is 1. The predicted molar refractivity (Wildman–Crippen MR) is 102 cm³/mol. The Morgan fingerprint density at radius 2 is 2.19 bits per heavy atom. The smallest absolute Gasteiger partial charge is 0.330 e. The zero-order valence-electron chi connectivity index (χ0n) is 15.1. The number of urea groups is 1. The number of amides is 2. The second kappa shape index (κ2) is 7.25. The Bertz CT molecular complexity index is 881. The fraction of sp³-hybridized carbons (Fsp3) is 0.350. The van der Waals surface area contributed by atoms with Crippen LogP contribution in [-0.2, 0) is 6.54 Å². The molecule has 1 fully saturated rings. The molecule has 7 heteroatoms. The van der Waals surface area contributed by atoms with Gasteiger partial charge in [0.2, 0.25) is 0 Å². The molecule has 1 aromatic carbocycles. The third-order valence-electron chi connectivity index (χ3n) is 5.15. The zero-order chi connectivity index (χ0) is 18.8. The molecule has 1 aromatic rings. The molecule has 0 radical (unpaired) electrons. The standard InChI is InChI=1S/C20H22N6O/c21-11-15-4-1-2-5-16(15)13-26-19(24-8-3-6-17(22)14-24)10-18-12-23-7-9-25(18)20(26)27/h1-2,4-5,7,10,12,17H,3,6,8-9,13-14,22H2/t17-/m1/s1. The Labute approximate surface area is 158 Å². The average molecular weight is 362 g/mol. The number of hydrogen-bond acceptors (Lipinski definition) is 5. The van der Waals surface area contributed by atoms with Gasteiger partial charge in [0.25, 0.3) is 0 Å². The van der Waals surface area contributed by atoms with E-state index in [0.29, 0.717) is 25.2 Å². The van der Waals surface area contributed by atoms with Gasteiger partial charge >= 0.3 is 6.03 Å². The molecule has 27 heavy (non-hydrogen) atoms. The molecule has 2 N–H and O–H groups in total. The van der Waals surface area contributed by atoms with Crippen LogP contribution in [0.2, 0.25) is 0 Å². The number of rotatable bonds is 3. The number of likely N-dealkylation sites (tertiary alicyclic amines) is 1. The monoisotopic (exact) mass is 362 g/mol. The van der Waals surface area contributed by atoms with E-state index in [4.69, 9.17) is 5.73 Å². The largest absolute Gasteiger partial charge is 0.356 e. The van der Waals surface area contributed by atoms with Gasteiger partial charge in [0.1, 0.15) is 5.82 Å². The van der Waals surface area contributed by atoms with E-state index < -0.39 is 0 Å². The van der Waals surface area contributed by atoms with Gasteiger partial charge < -0.3 is 10.6 Å². The Morgan fingerprint density at radius 1 is 1.33 bits per heavy atom. The quantitative estimate of drug-likeness (QED) is 0.890. The average Bonchev–Trinajstić information content (AvgIpc) is 2.70. The molecule has 0 bridgehead atoms. The lowest BCUT2D eigenvalue weighted by Gasteiger charge is -2.44. The molecule has 0 unspecified atom stereocenters. The Kier molecular flexibility index (Phi) is 4.65. The van der Waals surface area contributed by atoms with E-state index in [1.165, 1.54) is 0 Å². The van der Waals surface area contributed by atoms with Crippen LogP contribution in [0.4, 0.5) is 4.79 Å². The summed E-state index contributed by atoms with van der Waals surface area (Å²) in [4.78, 5) is 23.1. The molecule has 0 aromatic heterocycles. The molecule has 3 heterocycles. The van der Waals surface area contributed by atoms with Crippen molar-refractivity contribution in [2.75, 3.05) is 19.6 Å². The number of fused-ring (bicyclic) bond motifs is 1. The van der Waals surface area contributed by atoms with E-state index in [2.05, 4.69) is 16.0 Å². The number of benzene rings is 1. The van der Waals surface area contributed by atoms with Gasteiger partial charge in [-0.3, -0.25) is 14.8 Å². The van der Waals surface area contributed by atoms with Crippen LogP contribution in [-0.4, -0.2) is 52.6 Å². The van der Waals surface area contributed by atoms with Crippen molar-refractivity contribution >= 4 is 12.2 Å². The summed E-state index contributed by atoms with van der Waals surface area (Å²) in [6, 6.07) is 9.62. The number of nitrogens with two attached hydrogens (primary N) is 1. The summed E-state index contributed by atoms with van der Waals surface area (Å²) >= 11 is 0. The first-order valence-corrected chi connectivity index (χ1v) is 9.18. The van der Waals surface area contributed by atoms with E-state index >= 15 is 0 Å². The summed E-state index contributed by atoms with van der Waals surface area (Å²) in [7, 11) is 0. The van der Waals surface area contributed by atoms with Crippen molar-refractivity contribution in [2.24, 2.45) is 10.7 Å². The SMILES string of the molecule is N#Cc1ccccc1CN1C(=O)N2CC=NC=C2C=C1N1CCC[C@@H](N)C1. The molecule has 3 aliphatic rings. The third kappa shape index (κ3) is 3.32. The summed E-state index contributed by atoms with van der Waals surface area (Å²) in [6.45, 7) is 2.37. The first-order chi connectivity index (χ1) is 13.2. The lowest BCUT2D eigenvalue weighted by molar-refractivity contribution is 0.138. The Hall–Kier alpha value is -3.11. The maximum atomic E-state index is 13.3. The Balaban J connectivity index is 1.72. The van der Waals surface area contributed by atoms with Crippen molar-refractivity contribution < 1.29 is 4.79 Å². The minimum absolute atomic E-state index is 0.0967. The van der Waals surface area contributed by atoms with Crippen LogP contribution in [0.3, 0.4) is 0 Å². The maximum absolute atomic E-state index is 13.3. The minimum Gasteiger partial charge on any atom is -0.356 e. The normalized spacial score (nSPS) is 22.1. The number of nitrogens with zero attached hydrogens (tertiary/aromatic N) is 5. The fourth-order valence-corrected chi connectivity index (χ4v) is 3.76. The molecule has 0 aliphatic carbocycles. The summed E-state index contributed by atoms with van der Waals surface area (Å²) < 4.78 is 0. The molecule has 1 atom stereocenters. The lowest BCUT2D eigenvalue weighted by Crippen LogP contribution is -2.53. The first-order valence-electron chi connectivity index (χ1n) is 9.18. The highest BCUT2D eigenvalue weighted by molar-refractivity contribution is 5.84. The molecule has 4 rings (SSSR count). The molecular formula is C20H22N6O. The van der Waals surface area contributed by atoms with Gasteiger partial charge in [-0.05, 0) is 24.5 Å². The van der Waals surface area contributed by atoms with Crippen molar-refractivity contribution in [3.05, 3.63) is 59.2 Å². The van der Waals surface area contributed by atoms with Gasteiger partial charge in [-0.1, -0.05) is 18.2 Å². The summed E-state index contributed by atoms with van der Waals surface area (Å²) in [6.07, 6.45) is 7.43. The number of carbonyl (C=O) groups is 1. The van der Waals surface area contributed by atoms with E-state index in [-0.39, 0.29) is 12.1 Å². The van der Waals surface area contributed by atoms with Crippen LogP contribution < -0.4 is 5.73 Å². The van der Waals surface area contributed by atoms with Crippen LogP contribution in [0.15, 0.2) is 53.1 Å². The van der Waals surface area contributed by atoms with Gasteiger partial charge in [-0.2, -0.15) is 5.26 Å². The van der Waals surface area contributed by atoms with Crippen LogP contribution in [0, 0.1) is 11.3 Å². The molecule has 7 nitrogen and oxygen atoms in total. The molecule has 1 saturated heterocycles. The topological polar surface area (TPSA) is 89.0 Å². The highest BCUT2D eigenvalue weighted by Crippen LogP contribution is 2.29. The van der Waals surface area contributed by atoms with Gasteiger partial charge in [-0.15, -0.1) is 0 Å². The number of hydrogen-bond donors (Lipinski definition) is 1. The van der Waals surface area contributed by atoms with Crippen LogP contribution in [0.1, 0.15) is 24.0 Å². The minimum atomic E-state index is -0.100. The zero-order valence-corrected chi connectivity index (χ0v) is 15.1.